The van der Waals surface area contributed by atoms with Crippen LogP contribution in [0.15, 0.2) is 24.4 Å². The Hall–Kier alpha value is -1.42. The van der Waals surface area contributed by atoms with Crippen LogP contribution < -0.4 is 11.1 Å². The van der Waals surface area contributed by atoms with Crippen molar-refractivity contribution in [2.75, 3.05) is 0 Å². The lowest BCUT2D eigenvalue weighted by Gasteiger charge is -2.16. The van der Waals surface area contributed by atoms with Crippen molar-refractivity contribution in [3.63, 3.8) is 0 Å². The van der Waals surface area contributed by atoms with Crippen LogP contribution in [0.2, 0.25) is 0 Å². The molecule has 0 saturated heterocycles. The monoisotopic (exact) mass is 205 g/mol. The Morgan fingerprint density at radius 1 is 1.60 bits per heavy atom. The summed E-state index contributed by atoms with van der Waals surface area (Å²) < 4.78 is 0. The zero-order chi connectivity index (χ0) is 10.9. The van der Waals surface area contributed by atoms with Crippen LogP contribution in [0.5, 0.6) is 0 Å². The molecular formula is C11H15N3O. The van der Waals surface area contributed by atoms with Gasteiger partial charge in [-0.3, -0.25) is 9.78 Å². The van der Waals surface area contributed by atoms with Gasteiger partial charge in [-0.15, -0.1) is 0 Å². The Balaban J connectivity index is 1.98. The lowest BCUT2D eigenvalue weighted by molar-refractivity contribution is -0.123. The van der Waals surface area contributed by atoms with Gasteiger partial charge in [0.1, 0.15) is 0 Å². The van der Waals surface area contributed by atoms with E-state index in [1.165, 1.54) is 0 Å². The van der Waals surface area contributed by atoms with E-state index in [1.54, 1.807) is 6.20 Å². The molecule has 1 fully saturated rings. The second kappa shape index (κ2) is 3.62. The summed E-state index contributed by atoms with van der Waals surface area (Å²) in [6.07, 6.45) is 3.29. The van der Waals surface area contributed by atoms with E-state index in [2.05, 4.69) is 10.3 Å². The van der Waals surface area contributed by atoms with Gasteiger partial charge in [-0.2, -0.15) is 0 Å². The quantitative estimate of drug-likeness (QED) is 0.765. The van der Waals surface area contributed by atoms with Crippen molar-refractivity contribution in [3.8, 4) is 0 Å². The fourth-order valence-electron chi connectivity index (χ4n) is 1.41. The largest absolute Gasteiger partial charge is 0.346 e. The van der Waals surface area contributed by atoms with Crippen LogP contribution in [0.1, 0.15) is 31.5 Å². The number of hydrogen-bond acceptors (Lipinski definition) is 3. The Labute approximate surface area is 88.9 Å². The summed E-state index contributed by atoms with van der Waals surface area (Å²) in [5.74, 6) is -0.0688. The highest BCUT2D eigenvalue weighted by molar-refractivity contribution is 5.89. The van der Waals surface area contributed by atoms with Crippen LogP contribution in [0.25, 0.3) is 0 Å². The summed E-state index contributed by atoms with van der Waals surface area (Å²) >= 11 is 0. The molecule has 1 saturated carbocycles. The Bertz CT molecular complexity index is 359. The van der Waals surface area contributed by atoms with Gasteiger partial charge in [0.15, 0.2) is 0 Å². The maximum Gasteiger partial charge on any atom is 0.240 e. The Morgan fingerprint density at radius 3 is 2.87 bits per heavy atom. The molecule has 80 valence electrons. The van der Waals surface area contributed by atoms with Crippen LogP contribution in [-0.4, -0.2) is 16.4 Å². The van der Waals surface area contributed by atoms with E-state index >= 15 is 0 Å². The molecule has 15 heavy (non-hydrogen) atoms. The van der Waals surface area contributed by atoms with E-state index in [0.29, 0.717) is 0 Å². The van der Waals surface area contributed by atoms with Gasteiger partial charge in [0.25, 0.3) is 0 Å². The standard InChI is InChI=1S/C11H15N3O/c1-8(9-4-2-3-7-13-9)14-10(15)11(12)5-6-11/h2-4,7-8H,5-6,12H2,1H3,(H,14,15)/t8-/m1/s1. The van der Waals surface area contributed by atoms with E-state index in [-0.39, 0.29) is 11.9 Å². The highest BCUT2D eigenvalue weighted by atomic mass is 16.2. The fraction of sp³-hybridized carbons (Fsp3) is 0.455. The van der Waals surface area contributed by atoms with Gasteiger partial charge in [-0.1, -0.05) is 6.07 Å². The highest BCUT2D eigenvalue weighted by Gasteiger charge is 2.46. The molecule has 1 aromatic heterocycles. The van der Waals surface area contributed by atoms with Gasteiger partial charge in [-0.05, 0) is 31.9 Å². The number of carbonyl (C=O) groups excluding carboxylic acids is 1. The van der Waals surface area contributed by atoms with Gasteiger partial charge in [0, 0.05) is 6.20 Å². The third kappa shape index (κ3) is 2.15. The zero-order valence-electron chi connectivity index (χ0n) is 8.73. The number of nitrogens with one attached hydrogen (secondary N) is 1. The van der Waals surface area contributed by atoms with Crippen molar-refractivity contribution in [2.24, 2.45) is 5.73 Å². The lowest BCUT2D eigenvalue weighted by Crippen LogP contribution is -2.43. The Morgan fingerprint density at radius 2 is 2.33 bits per heavy atom. The maximum atomic E-state index is 11.6. The van der Waals surface area contributed by atoms with E-state index in [4.69, 9.17) is 5.73 Å². The molecule has 1 heterocycles. The van der Waals surface area contributed by atoms with Crippen molar-refractivity contribution in [1.82, 2.24) is 10.3 Å². The van der Waals surface area contributed by atoms with E-state index in [0.717, 1.165) is 18.5 Å². The third-order valence-corrected chi connectivity index (χ3v) is 2.72. The lowest BCUT2D eigenvalue weighted by atomic mass is 10.2. The minimum Gasteiger partial charge on any atom is -0.346 e. The van der Waals surface area contributed by atoms with Crippen molar-refractivity contribution < 1.29 is 4.79 Å². The number of rotatable bonds is 3. The number of carbonyl (C=O) groups is 1. The Kier molecular flexibility index (Phi) is 2.44. The number of nitrogens with zero attached hydrogens (tertiary/aromatic N) is 1. The highest BCUT2D eigenvalue weighted by Crippen LogP contribution is 2.32. The van der Waals surface area contributed by atoms with E-state index in [1.807, 2.05) is 25.1 Å². The topological polar surface area (TPSA) is 68.0 Å². The number of amides is 1. The first kappa shape index (κ1) is 10.1. The van der Waals surface area contributed by atoms with Crippen LogP contribution >= 0.6 is 0 Å². The average Bonchev–Trinajstić information content (AvgIpc) is 2.99. The van der Waals surface area contributed by atoms with Gasteiger partial charge in [-0.25, -0.2) is 0 Å². The smallest absolute Gasteiger partial charge is 0.240 e. The second-order valence-corrected chi connectivity index (χ2v) is 4.11. The number of hydrogen-bond donors (Lipinski definition) is 2. The number of aromatic nitrogens is 1. The molecule has 0 bridgehead atoms. The predicted octanol–water partition coefficient (Wildman–Crippen LogP) is 0.750. The molecule has 3 N–H and O–H groups in total. The van der Waals surface area contributed by atoms with Crippen molar-refractivity contribution in [2.45, 2.75) is 31.3 Å². The van der Waals surface area contributed by atoms with Gasteiger partial charge in [0.2, 0.25) is 5.91 Å². The van der Waals surface area contributed by atoms with Crippen LogP contribution in [0.3, 0.4) is 0 Å². The molecule has 4 nitrogen and oxygen atoms in total. The molecular weight excluding hydrogens is 190 g/mol. The van der Waals surface area contributed by atoms with Crippen molar-refractivity contribution >= 4 is 5.91 Å². The molecule has 1 amide bonds. The molecule has 1 atom stereocenters. The molecule has 0 aliphatic heterocycles. The van der Waals surface area contributed by atoms with Crippen LogP contribution in [0.4, 0.5) is 0 Å². The SMILES string of the molecule is C[C@@H](NC(=O)C1(N)CC1)c1ccccn1. The van der Waals surface area contributed by atoms with Crippen LogP contribution in [-0.2, 0) is 4.79 Å². The third-order valence-electron chi connectivity index (χ3n) is 2.72. The molecule has 0 radical (unpaired) electrons. The summed E-state index contributed by atoms with van der Waals surface area (Å²) in [7, 11) is 0. The number of pyridine rings is 1. The van der Waals surface area contributed by atoms with E-state index < -0.39 is 5.54 Å². The minimum absolute atomic E-state index is 0.0688. The summed E-state index contributed by atoms with van der Waals surface area (Å²) in [6, 6.07) is 5.56. The first-order valence-electron chi connectivity index (χ1n) is 5.13. The molecule has 0 unspecified atom stereocenters. The molecule has 0 spiro atoms. The summed E-state index contributed by atoms with van der Waals surface area (Å²) in [6.45, 7) is 1.91. The van der Waals surface area contributed by atoms with Gasteiger partial charge >= 0.3 is 0 Å². The van der Waals surface area contributed by atoms with Crippen molar-refractivity contribution in [1.29, 1.82) is 0 Å². The second-order valence-electron chi connectivity index (χ2n) is 4.11. The van der Waals surface area contributed by atoms with Gasteiger partial charge in [0.05, 0.1) is 17.3 Å². The van der Waals surface area contributed by atoms with Crippen molar-refractivity contribution in [3.05, 3.63) is 30.1 Å². The predicted molar refractivity (Wildman–Crippen MR) is 56.9 cm³/mol. The molecule has 4 heteroatoms. The van der Waals surface area contributed by atoms with Gasteiger partial charge < -0.3 is 11.1 Å². The fourth-order valence-corrected chi connectivity index (χ4v) is 1.41. The molecule has 1 aliphatic rings. The molecule has 0 aromatic carbocycles. The summed E-state index contributed by atoms with van der Waals surface area (Å²) in [5, 5.41) is 2.87. The first-order chi connectivity index (χ1) is 7.12. The normalized spacial score (nSPS) is 19.3. The minimum atomic E-state index is -0.608. The summed E-state index contributed by atoms with van der Waals surface area (Å²) in [4.78, 5) is 15.8. The maximum absolute atomic E-state index is 11.6. The van der Waals surface area contributed by atoms with Crippen LogP contribution in [0, 0.1) is 0 Å². The average molecular weight is 205 g/mol. The molecule has 1 aliphatic carbocycles. The van der Waals surface area contributed by atoms with E-state index in [9.17, 15) is 4.79 Å². The molecule has 1 aromatic rings. The summed E-state index contributed by atoms with van der Waals surface area (Å²) in [5.41, 5.74) is 6.03. The first-order valence-corrected chi connectivity index (χ1v) is 5.13. The molecule has 2 rings (SSSR count). The zero-order valence-corrected chi connectivity index (χ0v) is 8.73. The number of nitrogens with two attached hydrogens (primary N) is 1.